The van der Waals surface area contributed by atoms with Crippen molar-refractivity contribution in [1.82, 2.24) is 14.6 Å². The van der Waals surface area contributed by atoms with Gasteiger partial charge in [-0.2, -0.15) is 5.10 Å². The van der Waals surface area contributed by atoms with E-state index < -0.39 is 0 Å². The van der Waals surface area contributed by atoms with E-state index in [2.05, 4.69) is 39.6 Å². The van der Waals surface area contributed by atoms with Crippen molar-refractivity contribution in [3.8, 4) is 17.0 Å². The normalized spacial score (nSPS) is 12.1. The first-order valence-corrected chi connectivity index (χ1v) is 10.6. The van der Waals surface area contributed by atoms with Gasteiger partial charge >= 0.3 is 0 Å². The summed E-state index contributed by atoms with van der Waals surface area (Å²) in [6.45, 7) is 0. The van der Waals surface area contributed by atoms with E-state index in [1.54, 1.807) is 25.7 Å². The van der Waals surface area contributed by atoms with Gasteiger partial charge in [0.15, 0.2) is 0 Å². The van der Waals surface area contributed by atoms with Crippen LogP contribution >= 0.6 is 11.3 Å². The molecule has 0 aliphatic heterocycles. The fourth-order valence-corrected chi connectivity index (χ4v) is 4.13. The molecule has 152 valence electrons. The second-order valence-electron chi connectivity index (χ2n) is 6.84. The van der Waals surface area contributed by atoms with Gasteiger partial charge in [0.05, 0.1) is 36.6 Å². The summed E-state index contributed by atoms with van der Waals surface area (Å²) >= 11 is 1.54. The predicted octanol–water partition coefficient (Wildman–Crippen LogP) is 5.22. The van der Waals surface area contributed by atoms with Crippen molar-refractivity contribution < 1.29 is 4.74 Å². The molecular weight excluding hydrogens is 406 g/mol. The molecule has 0 saturated heterocycles. The molecule has 31 heavy (non-hydrogen) atoms. The third-order valence-corrected chi connectivity index (χ3v) is 5.65. The van der Waals surface area contributed by atoms with Gasteiger partial charge in [0.25, 0.3) is 0 Å². The van der Waals surface area contributed by atoms with Crippen molar-refractivity contribution >= 4 is 34.0 Å². The first-order chi connectivity index (χ1) is 15.3. The molecule has 7 heteroatoms. The Morgan fingerprint density at radius 3 is 2.77 bits per heavy atom. The summed E-state index contributed by atoms with van der Waals surface area (Å²) < 4.78 is 7.21. The van der Waals surface area contributed by atoms with Gasteiger partial charge in [-0.05, 0) is 53.2 Å². The van der Waals surface area contributed by atoms with Crippen LogP contribution in [0.2, 0.25) is 0 Å². The first kappa shape index (κ1) is 19.0. The Morgan fingerprint density at radius 2 is 1.97 bits per heavy atom. The van der Waals surface area contributed by atoms with E-state index >= 15 is 0 Å². The zero-order valence-electron chi connectivity index (χ0n) is 16.8. The number of aromatic nitrogens is 3. The zero-order chi connectivity index (χ0) is 21.0. The van der Waals surface area contributed by atoms with Crippen LogP contribution in [0.1, 0.15) is 5.69 Å². The van der Waals surface area contributed by atoms with E-state index in [1.807, 2.05) is 47.3 Å². The van der Waals surface area contributed by atoms with Crippen molar-refractivity contribution in [3.05, 3.63) is 95.1 Å². The molecule has 5 aromatic rings. The van der Waals surface area contributed by atoms with Crippen molar-refractivity contribution in [2.24, 2.45) is 10.1 Å². The van der Waals surface area contributed by atoms with E-state index in [4.69, 9.17) is 14.8 Å². The first-order valence-electron chi connectivity index (χ1n) is 9.71. The summed E-state index contributed by atoms with van der Waals surface area (Å²) in [7, 11) is 1.68. The summed E-state index contributed by atoms with van der Waals surface area (Å²) in [5.41, 5.74) is 3.73. The SMILES string of the molecule is COc1ccc2cc(-c3csc(=Nc4cccnc4)n3N=Cc3ccc[nH]3)ccc2c1. The molecule has 3 aromatic heterocycles. The molecule has 0 saturated carbocycles. The van der Waals surface area contributed by atoms with Crippen LogP contribution in [-0.2, 0) is 0 Å². The Hall–Kier alpha value is -3.97. The molecule has 0 spiro atoms. The van der Waals surface area contributed by atoms with Crippen LogP contribution in [0.4, 0.5) is 5.69 Å². The number of hydrogen-bond acceptors (Lipinski definition) is 5. The van der Waals surface area contributed by atoms with Crippen molar-refractivity contribution in [1.29, 1.82) is 0 Å². The van der Waals surface area contributed by atoms with Crippen LogP contribution in [0, 0.1) is 0 Å². The summed E-state index contributed by atoms with van der Waals surface area (Å²) in [4.78, 5) is 12.8. The molecule has 0 fully saturated rings. The molecule has 0 unspecified atom stereocenters. The maximum atomic E-state index is 5.34. The molecule has 0 aliphatic rings. The maximum Gasteiger partial charge on any atom is 0.211 e. The quantitative estimate of drug-likeness (QED) is 0.393. The minimum absolute atomic E-state index is 0.764. The number of H-pyrrole nitrogens is 1. The van der Waals surface area contributed by atoms with E-state index in [-0.39, 0.29) is 0 Å². The van der Waals surface area contributed by atoms with E-state index in [1.165, 1.54) is 11.3 Å². The highest BCUT2D eigenvalue weighted by molar-refractivity contribution is 7.07. The lowest BCUT2D eigenvalue weighted by molar-refractivity contribution is 0.415. The Morgan fingerprint density at radius 1 is 1.06 bits per heavy atom. The lowest BCUT2D eigenvalue weighted by atomic mass is 10.1. The van der Waals surface area contributed by atoms with Crippen LogP contribution in [-0.4, -0.2) is 28.0 Å². The summed E-state index contributed by atoms with van der Waals surface area (Å²) in [5.74, 6) is 0.846. The fraction of sp³-hybridized carbons (Fsp3) is 0.0417. The Kier molecular flexibility index (Phi) is 5.16. The van der Waals surface area contributed by atoms with Crippen LogP contribution in [0.25, 0.3) is 22.0 Å². The van der Waals surface area contributed by atoms with Gasteiger partial charge in [-0.15, -0.1) is 11.3 Å². The number of methoxy groups -OCH3 is 1. The molecular formula is C24H19N5OS. The van der Waals surface area contributed by atoms with Gasteiger partial charge in [-0.3, -0.25) is 4.98 Å². The third-order valence-electron chi connectivity index (χ3n) is 4.83. The predicted molar refractivity (Wildman–Crippen MR) is 125 cm³/mol. The van der Waals surface area contributed by atoms with Crippen molar-refractivity contribution in [3.63, 3.8) is 0 Å². The number of thiazole rings is 1. The van der Waals surface area contributed by atoms with Crippen LogP contribution in [0.15, 0.2) is 94.7 Å². The lowest BCUT2D eigenvalue weighted by Gasteiger charge is -2.07. The van der Waals surface area contributed by atoms with Crippen molar-refractivity contribution in [2.75, 3.05) is 7.11 Å². The van der Waals surface area contributed by atoms with Gasteiger partial charge in [-0.25, -0.2) is 9.67 Å². The number of ether oxygens (including phenoxy) is 1. The molecule has 0 amide bonds. The molecule has 3 heterocycles. The number of hydrogen-bond donors (Lipinski definition) is 1. The van der Waals surface area contributed by atoms with E-state index in [0.29, 0.717) is 0 Å². The van der Waals surface area contributed by atoms with Crippen LogP contribution in [0.3, 0.4) is 0 Å². The summed E-state index contributed by atoms with van der Waals surface area (Å²) in [5, 5.41) is 9.06. The molecule has 0 aliphatic carbocycles. The molecule has 6 nitrogen and oxygen atoms in total. The average molecular weight is 426 g/mol. The van der Waals surface area contributed by atoms with Crippen LogP contribution < -0.4 is 9.54 Å². The molecule has 5 rings (SSSR count). The van der Waals surface area contributed by atoms with E-state index in [0.717, 1.165) is 44.0 Å². The molecule has 2 aromatic carbocycles. The standard InChI is InChI=1S/C24H19N5OS/c1-30-22-9-8-17-12-19(7-6-18(17)13-22)23-16-31-24(28-21-5-2-10-25-14-21)29(23)27-15-20-4-3-11-26-20/h2-16,26H,1H3. The number of pyridine rings is 1. The summed E-state index contributed by atoms with van der Waals surface area (Å²) in [6.07, 6.45) is 7.14. The van der Waals surface area contributed by atoms with Gasteiger partial charge in [0.1, 0.15) is 5.75 Å². The minimum atomic E-state index is 0.764. The number of aromatic amines is 1. The minimum Gasteiger partial charge on any atom is -0.497 e. The van der Waals surface area contributed by atoms with Gasteiger partial charge in [0, 0.05) is 23.3 Å². The average Bonchev–Trinajstić information content (AvgIpc) is 3.47. The smallest absolute Gasteiger partial charge is 0.211 e. The van der Waals surface area contributed by atoms with Gasteiger partial charge in [0.2, 0.25) is 4.80 Å². The highest BCUT2D eigenvalue weighted by Crippen LogP contribution is 2.27. The molecule has 0 atom stereocenters. The lowest BCUT2D eigenvalue weighted by Crippen LogP contribution is -2.11. The van der Waals surface area contributed by atoms with Gasteiger partial charge in [-0.1, -0.05) is 18.2 Å². The molecule has 0 radical (unpaired) electrons. The Bertz CT molecular complexity index is 1420. The second-order valence-corrected chi connectivity index (χ2v) is 7.67. The Labute approximate surface area is 182 Å². The second kappa shape index (κ2) is 8.41. The molecule has 0 bridgehead atoms. The zero-order valence-corrected chi connectivity index (χ0v) is 17.6. The Balaban J connectivity index is 1.64. The van der Waals surface area contributed by atoms with Crippen molar-refractivity contribution in [2.45, 2.75) is 0 Å². The topological polar surface area (TPSA) is 67.6 Å². The molecule has 1 N–H and O–H groups in total. The number of fused-ring (bicyclic) bond motifs is 1. The largest absolute Gasteiger partial charge is 0.497 e. The van der Waals surface area contributed by atoms with E-state index in [9.17, 15) is 0 Å². The third kappa shape index (κ3) is 4.04. The highest BCUT2D eigenvalue weighted by Gasteiger charge is 2.09. The summed E-state index contributed by atoms with van der Waals surface area (Å²) in [6, 6.07) is 20.1. The maximum absolute atomic E-state index is 5.34. The van der Waals surface area contributed by atoms with Gasteiger partial charge < -0.3 is 9.72 Å². The fourth-order valence-electron chi connectivity index (χ4n) is 3.27. The number of nitrogens with one attached hydrogen (secondary N) is 1. The monoisotopic (exact) mass is 425 g/mol. The van der Waals surface area contributed by atoms with Crippen LogP contribution in [0.5, 0.6) is 5.75 Å². The number of rotatable bonds is 5. The highest BCUT2D eigenvalue weighted by atomic mass is 32.1. The number of benzene rings is 2. The number of nitrogens with zero attached hydrogens (tertiary/aromatic N) is 4.